The van der Waals surface area contributed by atoms with Gasteiger partial charge in [0.25, 0.3) is 0 Å². The first-order valence-electron chi connectivity index (χ1n) is 6.94. The van der Waals surface area contributed by atoms with Gasteiger partial charge in [-0.1, -0.05) is 30.3 Å². The molecule has 1 N–H and O–H groups in total. The molecular weight excluding hydrogens is 302 g/mol. The maximum Gasteiger partial charge on any atom is 0.243 e. The van der Waals surface area contributed by atoms with Gasteiger partial charge in [0.2, 0.25) is 10.0 Å². The molecule has 2 aromatic carbocycles. The second-order valence-corrected chi connectivity index (χ2v) is 7.07. The molecule has 0 spiro atoms. The highest BCUT2D eigenvalue weighted by Gasteiger charge is 2.28. The molecule has 0 saturated carbocycles. The Morgan fingerprint density at radius 2 is 1.73 bits per heavy atom. The number of sulfonamides is 1. The smallest absolute Gasteiger partial charge is 0.243 e. The van der Waals surface area contributed by atoms with Crippen molar-refractivity contribution in [2.24, 2.45) is 0 Å². The Morgan fingerprint density at radius 1 is 1.00 bits per heavy atom. The van der Waals surface area contributed by atoms with E-state index in [-0.39, 0.29) is 16.5 Å². The monoisotopic (exact) mass is 315 g/mol. The summed E-state index contributed by atoms with van der Waals surface area (Å²) in [6.45, 7) is 0. The van der Waals surface area contributed by atoms with E-state index in [1.165, 1.54) is 17.2 Å². The van der Waals surface area contributed by atoms with Crippen molar-refractivity contribution in [3.05, 3.63) is 53.6 Å². The van der Waals surface area contributed by atoms with Gasteiger partial charge in [-0.2, -0.15) is 0 Å². The first-order valence-corrected chi connectivity index (χ1v) is 8.42. The number of rotatable bonds is 3. The average Bonchev–Trinajstić information content (AvgIpc) is 3.11. The predicted octanol–water partition coefficient (Wildman–Crippen LogP) is 1.67. The maximum atomic E-state index is 12.6. The van der Waals surface area contributed by atoms with Crippen LogP contribution < -0.4 is 4.72 Å². The molecule has 0 aliphatic heterocycles. The Balaban J connectivity index is 1.64. The Labute approximate surface area is 127 Å². The van der Waals surface area contributed by atoms with Crippen LogP contribution in [0.2, 0.25) is 0 Å². The Hall–Kier alpha value is -2.25. The molecule has 7 heteroatoms. The lowest BCUT2D eigenvalue weighted by atomic mass is 10.1. The summed E-state index contributed by atoms with van der Waals surface area (Å²) in [7, 11) is -3.67. The predicted molar refractivity (Wildman–Crippen MR) is 79.8 cm³/mol. The first kappa shape index (κ1) is 13.4. The molecule has 3 aromatic rings. The zero-order valence-corrected chi connectivity index (χ0v) is 12.4. The fourth-order valence-corrected chi connectivity index (χ4v) is 4.31. The summed E-state index contributed by atoms with van der Waals surface area (Å²) in [5, 5.41) is 7.37. The van der Waals surface area contributed by atoms with Gasteiger partial charge in [-0.05, 0) is 46.4 Å². The molecule has 0 radical (unpaired) electrons. The molecule has 0 bridgehead atoms. The summed E-state index contributed by atoms with van der Waals surface area (Å²) < 4.78 is 32.7. The van der Waals surface area contributed by atoms with Crippen molar-refractivity contribution in [3.8, 4) is 0 Å². The van der Waals surface area contributed by atoms with E-state index in [1.54, 1.807) is 12.1 Å². The molecule has 0 saturated heterocycles. The van der Waals surface area contributed by atoms with Crippen LogP contribution in [0.3, 0.4) is 0 Å². The zero-order valence-electron chi connectivity index (χ0n) is 11.6. The van der Waals surface area contributed by atoms with E-state index >= 15 is 0 Å². The molecular formula is C15H13N3O3S. The Bertz CT molecular complexity index is 924. The van der Waals surface area contributed by atoms with Crippen LogP contribution in [0.15, 0.2) is 52.0 Å². The molecule has 22 heavy (non-hydrogen) atoms. The quantitative estimate of drug-likeness (QED) is 0.794. The molecule has 0 amide bonds. The highest BCUT2D eigenvalue weighted by Crippen LogP contribution is 2.25. The van der Waals surface area contributed by atoms with Crippen LogP contribution in [0.4, 0.5) is 0 Å². The van der Waals surface area contributed by atoms with E-state index in [9.17, 15) is 8.42 Å². The molecule has 6 nitrogen and oxygen atoms in total. The topological polar surface area (TPSA) is 85.1 Å². The summed E-state index contributed by atoms with van der Waals surface area (Å²) in [6.07, 6.45) is 1.39. The number of hydrogen-bond donors (Lipinski definition) is 1. The van der Waals surface area contributed by atoms with Gasteiger partial charge >= 0.3 is 0 Å². The van der Waals surface area contributed by atoms with Crippen molar-refractivity contribution in [2.45, 2.75) is 23.8 Å². The van der Waals surface area contributed by atoms with Crippen molar-refractivity contribution in [1.29, 1.82) is 0 Å². The molecule has 0 unspecified atom stereocenters. The SMILES string of the molecule is O=S(=O)(NC1Cc2ccccc2C1)c1cccc2nonc12. The molecule has 112 valence electrons. The lowest BCUT2D eigenvalue weighted by Crippen LogP contribution is -2.35. The summed E-state index contributed by atoms with van der Waals surface area (Å²) in [6, 6.07) is 12.7. The largest absolute Gasteiger partial charge is 0.243 e. The van der Waals surface area contributed by atoms with Crippen LogP contribution in [-0.4, -0.2) is 24.8 Å². The third-order valence-electron chi connectivity index (χ3n) is 3.91. The van der Waals surface area contributed by atoms with Crippen LogP contribution in [0.25, 0.3) is 11.0 Å². The van der Waals surface area contributed by atoms with E-state index < -0.39 is 10.0 Å². The third-order valence-corrected chi connectivity index (χ3v) is 5.46. The lowest BCUT2D eigenvalue weighted by molar-refractivity contribution is 0.315. The van der Waals surface area contributed by atoms with Crippen LogP contribution in [0.5, 0.6) is 0 Å². The Morgan fingerprint density at radius 3 is 2.45 bits per heavy atom. The first-order chi connectivity index (χ1) is 10.6. The minimum Gasteiger partial charge on any atom is -0.243 e. The second kappa shape index (κ2) is 4.89. The summed E-state index contributed by atoms with van der Waals surface area (Å²) in [5.74, 6) is 0. The van der Waals surface area contributed by atoms with Gasteiger partial charge in [0, 0.05) is 6.04 Å². The highest BCUT2D eigenvalue weighted by atomic mass is 32.2. The van der Waals surface area contributed by atoms with Gasteiger partial charge in [0.05, 0.1) is 0 Å². The van der Waals surface area contributed by atoms with Crippen molar-refractivity contribution >= 4 is 21.1 Å². The van der Waals surface area contributed by atoms with Crippen molar-refractivity contribution in [1.82, 2.24) is 15.0 Å². The highest BCUT2D eigenvalue weighted by molar-refractivity contribution is 7.89. The lowest BCUT2D eigenvalue weighted by Gasteiger charge is -2.12. The standard InChI is InChI=1S/C15H13N3O3S/c19-22(20,14-7-3-6-13-15(14)17-21-16-13)18-12-8-10-4-1-2-5-11(10)9-12/h1-7,12,18H,8-9H2. The minimum absolute atomic E-state index is 0.0993. The molecule has 1 aromatic heterocycles. The average molecular weight is 315 g/mol. The van der Waals surface area contributed by atoms with Gasteiger partial charge in [-0.15, -0.1) is 0 Å². The minimum atomic E-state index is -3.67. The van der Waals surface area contributed by atoms with E-state index in [2.05, 4.69) is 19.7 Å². The number of aromatic nitrogens is 2. The number of nitrogens with zero attached hydrogens (tertiary/aromatic N) is 2. The number of nitrogens with one attached hydrogen (secondary N) is 1. The molecule has 0 atom stereocenters. The van der Waals surface area contributed by atoms with E-state index in [4.69, 9.17) is 0 Å². The van der Waals surface area contributed by atoms with E-state index in [0.29, 0.717) is 18.4 Å². The molecule has 4 rings (SSSR count). The molecule has 0 fully saturated rings. The van der Waals surface area contributed by atoms with Crippen LogP contribution in [-0.2, 0) is 22.9 Å². The van der Waals surface area contributed by atoms with Crippen LogP contribution in [0.1, 0.15) is 11.1 Å². The van der Waals surface area contributed by atoms with E-state index in [0.717, 1.165) is 0 Å². The van der Waals surface area contributed by atoms with Crippen LogP contribution >= 0.6 is 0 Å². The van der Waals surface area contributed by atoms with Gasteiger partial charge in [-0.3, -0.25) is 0 Å². The van der Waals surface area contributed by atoms with Crippen molar-refractivity contribution in [2.75, 3.05) is 0 Å². The maximum absolute atomic E-state index is 12.6. The molecule has 1 aliphatic carbocycles. The second-order valence-electron chi connectivity index (χ2n) is 5.38. The summed E-state index contributed by atoms with van der Waals surface area (Å²) >= 11 is 0. The summed E-state index contributed by atoms with van der Waals surface area (Å²) in [5.41, 5.74) is 3.07. The third kappa shape index (κ3) is 2.18. The van der Waals surface area contributed by atoms with E-state index in [1.807, 2.05) is 24.3 Å². The number of hydrogen-bond acceptors (Lipinski definition) is 5. The number of fused-ring (bicyclic) bond motifs is 2. The van der Waals surface area contributed by atoms with Crippen molar-refractivity contribution < 1.29 is 13.0 Å². The molecule has 1 heterocycles. The fraction of sp³-hybridized carbons (Fsp3) is 0.200. The fourth-order valence-electron chi connectivity index (χ4n) is 2.92. The van der Waals surface area contributed by atoms with Crippen LogP contribution in [0, 0.1) is 0 Å². The van der Waals surface area contributed by atoms with Crippen molar-refractivity contribution in [3.63, 3.8) is 0 Å². The molecule has 1 aliphatic rings. The number of benzene rings is 2. The normalized spacial score (nSPS) is 15.3. The Kier molecular flexibility index (Phi) is 2.98. The van der Waals surface area contributed by atoms with Gasteiger partial charge in [0.1, 0.15) is 10.4 Å². The summed E-state index contributed by atoms with van der Waals surface area (Å²) in [4.78, 5) is 0.0993. The van der Waals surface area contributed by atoms with Gasteiger partial charge < -0.3 is 0 Å². The zero-order chi connectivity index (χ0) is 15.2. The van der Waals surface area contributed by atoms with Gasteiger partial charge in [0.15, 0.2) is 5.52 Å². The van der Waals surface area contributed by atoms with Gasteiger partial charge in [-0.25, -0.2) is 17.8 Å².